The van der Waals surface area contributed by atoms with Gasteiger partial charge in [0, 0.05) is 12.1 Å². The second-order valence-corrected chi connectivity index (χ2v) is 6.80. The van der Waals surface area contributed by atoms with Gasteiger partial charge in [-0.3, -0.25) is 4.90 Å². The van der Waals surface area contributed by atoms with Crippen LogP contribution in [-0.4, -0.2) is 55.1 Å². The number of rotatable bonds is 4. The molecule has 0 amide bonds. The van der Waals surface area contributed by atoms with Crippen molar-refractivity contribution in [2.45, 2.75) is 57.4 Å². The molecule has 2 fully saturated rings. The average Bonchev–Trinajstić information content (AvgIpc) is 2.67. The van der Waals surface area contributed by atoms with E-state index in [0.29, 0.717) is 5.54 Å². The standard InChI is InChI=1S/C16H33N3/c1-3-5-15-6-4-10-19(11-7-15)16(14-17)8-12-18(2)13-9-16/h15H,3-14,17H2,1-2H3. The highest BCUT2D eigenvalue weighted by Gasteiger charge is 2.38. The molecular weight excluding hydrogens is 234 g/mol. The molecule has 0 aliphatic carbocycles. The first kappa shape index (κ1) is 15.3. The van der Waals surface area contributed by atoms with E-state index in [2.05, 4.69) is 23.8 Å². The van der Waals surface area contributed by atoms with Crippen LogP contribution in [0.4, 0.5) is 0 Å². The zero-order valence-corrected chi connectivity index (χ0v) is 13.0. The van der Waals surface area contributed by atoms with Crippen LogP contribution in [0.15, 0.2) is 0 Å². The molecular formula is C16H33N3. The third-order valence-electron chi connectivity index (χ3n) is 5.51. The molecule has 3 heteroatoms. The van der Waals surface area contributed by atoms with Crippen molar-refractivity contribution < 1.29 is 0 Å². The number of nitrogens with two attached hydrogens (primary N) is 1. The first-order chi connectivity index (χ1) is 9.20. The molecule has 2 aliphatic heterocycles. The highest BCUT2D eigenvalue weighted by Crippen LogP contribution is 2.32. The van der Waals surface area contributed by atoms with E-state index in [4.69, 9.17) is 5.73 Å². The van der Waals surface area contributed by atoms with Crippen LogP contribution in [0, 0.1) is 5.92 Å². The molecule has 2 rings (SSSR count). The lowest BCUT2D eigenvalue weighted by atomic mass is 9.85. The minimum Gasteiger partial charge on any atom is -0.329 e. The van der Waals surface area contributed by atoms with Gasteiger partial charge in [0.25, 0.3) is 0 Å². The molecule has 3 nitrogen and oxygen atoms in total. The Bertz CT molecular complexity index is 259. The lowest BCUT2D eigenvalue weighted by Crippen LogP contribution is -2.59. The summed E-state index contributed by atoms with van der Waals surface area (Å²) in [6, 6.07) is 0. The van der Waals surface area contributed by atoms with Crippen molar-refractivity contribution in [1.29, 1.82) is 0 Å². The molecule has 0 bridgehead atoms. The van der Waals surface area contributed by atoms with E-state index in [9.17, 15) is 0 Å². The molecule has 2 aliphatic rings. The number of likely N-dealkylation sites (tertiary alicyclic amines) is 2. The van der Waals surface area contributed by atoms with Crippen molar-refractivity contribution in [3.63, 3.8) is 0 Å². The van der Waals surface area contributed by atoms with Crippen LogP contribution < -0.4 is 5.73 Å². The third kappa shape index (κ3) is 3.71. The summed E-state index contributed by atoms with van der Waals surface area (Å²) in [4.78, 5) is 5.21. The molecule has 1 atom stereocenters. The molecule has 19 heavy (non-hydrogen) atoms. The molecule has 0 aromatic carbocycles. The van der Waals surface area contributed by atoms with E-state index in [1.54, 1.807) is 0 Å². The molecule has 0 radical (unpaired) electrons. The smallest absolute Gasteiger partial charge is 0.0356 e. The first-order valence-electron chi connectivity index (χ1n) is 8.34. The minimum atomic E-state index is 0.313. The van der Waals surface area contributed by atoms with Gasteiger partial charge in [-0.15, -0.1) is 0 Å². The number of nitrogens with zero attached hydrogens (tertiary/aromatic N) is 2. The molecule has 0 aromatic heterocycles. The summed E-state index contributed by atoms with van der Waals surface area (Å²) >= 11 is 0. The average molecular weight is 267 g/mol. The fourth-order valence-electron chi connectivity index (χ4n) is 4.02. The van der Waals surface area contributed by atoms with E-state index in [1.807, 2.05) is 0 Å². The second-order valence-electron chi connectivity index (χ2n) is 6.80. The summed E-state index contributed by atoms with van der Waals surface area (Å²) in [7, 11) is 2.24. The first-order valence-corrected chi connectivity index (χ1v) is 8.34. The van der Waals surface area contributed by atoms with E-state index in [-0.39, 0.29) is 0 Å². The molecule has 0 spiro atoms. The molecule has 112 valence electrons. The van der Waals surface area contributed by atoms with Crippen molar-refractivity contribution >= 4 is 0 Å². The van der Waals surface area contributed by atoms with Crippen molar-refractivity contribution in [2.75, 3.05) is 39.8 Å². The van der Waals surface area contributed by atoms with Gasteiger partial charge in [-0.2, -0.15) is 0 Å². The lowest BCUT2D eigenvalue weighted by Gasteiger charge is -2.47. The quantitative estimate of drug-likeness (QED) is 0.848. The van der Waals surface area contributed by atoms with E-state index < -0.39 is 0 Å². The third-order valence-corrected chi connectivity index (χ3v) is 5.51. The Morgan fingerprint density at radius 1 is 1.11 bits per heavy atom. The summed E-state index contributed by atoms with van der Waals surface area (Å²) in [5.41, 5.74) is 6.51. The van der Waals surface area contributed by atoms with Crippen LogP contribution in [0.25, 0.3) is 0 Å². The van der Waals surface area contributed by atoms with Crippen molar-refractivity contribution in [2.24, 2.45) is 11.7 Å². The van der Waals surface area contributed by atoms with Gasteiger partial charge in [0.05, 0.1) is 0 Å². The maximum Gasteiger partial charge on any atom is 0.0356 e. The predicted octanol–water partition coefficient (Wildman–Crippen LogP) is 2.31. The minimum absolute atomic E-state index is 0.313. The van der Waals surface area contributed by atoms with Crippen LogP contribution in [0.3, 0.4) is 0 Å². The molecule has 2 N–H and O–H groups in total. The lowest BCUT2D eigenvalue weighted by molar-refractivity contribution is 0.0354. The van der Waals surface area contributed by atoms with Crippen molar-refractivity contribution in [3.8, 4) is 0 Å². The Kier molecular flexibility index (Phi) is 5.67. The summed E-state index contributed by atoms with van der Waals surface area (Å²) in [6.45, 7) is 8.16. The summed E-state index contributed by atoms with van der Waals surface area (Å²) in [6.07, 6.45) is 9.50. The Morgan fingerprint density at radius 3 is 2.47 bits per heavy atom. The zero-order valence-electron chi connectivity index (χ0n) is 13.0. The topological polar surface area (TPSA) is 32.5 Å². The molecule has 0 aromatic rings. The van der Waals surface area contributed by atoms with Crippen molar-refractivity contribution in [3.05, 3.63) is 0 Å². The van der Waals surface area contributed by atoms with Gasteiger partial charge >= 0.3 is 0 Å². The zero-order chi connectivity index (χ0) is 13.7. The molecule has 2 saturated heterocycles. The van der Waals surface area contributed by atoms with E-state index in [1.165, 1.54) is 71.1 Å². The molecule has 1 unspecified atom stereocenters. The van der Waals surface area contributed by atoms with Gasteiger partial charge in [-0.1, -0.05) is 19.8 Å². The number of hydrogen-bond acceptors (Lipinski definition) is 3. The van der Waals surface area contributed by atoms with Crippen LogP contribution in [-0.2, 0) is 0 Å². The summed E-state index contributed by atoms with van der Waals surface area (Å²) in [5.74, 6) is 0.969. The number of hydrogen-bond donors (Lipinski definition) is 1. The SMILES string of the molecule is CCCC1CCCN(C2(CN)CCN(C)CC2)CC1. The predicted molar refractivity (Wildman–Crippen MR) is 82.3 cm³/mol. The van der Waals surface area contributed by atoms with E-state index in [0.717, 1.165) is 12.5 Å². The monoisotopic (exact) mass is 267 g/mol. The molecule has 2 heterocycles. The van der Waals surface area contributed by atoms with E-state index >= 15 is 0 Å². The highest BCUT2D eigenvalue weighted by atomic mass is 15.2. The fraction of sp³-hybridized carbons (Fsp3) is 1.00. The van der Waals surface area contributed by atoms with Gasteiger partial charge in [0.2, 0.25) is 0 Å². The molecule has 0 saturated carbocycles. The van der Waals surface area contributed by atoms with Crippen LogP contribution >= 0.6 is 0 Å². The van der Waals surface area contributed by atoms with Crippen LogP contribution in [0.1, 0.15) is 51.9 Å². The van der Waals surface area contributed by atoms with Gasteiger partial charge < -0.3 is 10.6 Å². The maximum atomic E-state index is 6.20. The second kappa shape index (κ2) is 7.05. The Morgan fingerprint density at radius 2 is 1.84 bits per heavy atom. The normalized spacial score (nSPS) is 30.2. The Hall–Kier alpha value is -0.120. The Labute approximate surface area is 119 Å². The number of piperidine rings is 1. The summed E-state index contributed by atoms with van der Waals surface area (Å²) < 4.78 is 0. The largest absolute Gasteiger partial charge is 0.329 e. The highest BCUT2D eigenvalue weighted by molar-refractivity contribution is 4.96. The fourth-order valence-corrected chi connectivity index (χ4v) is 4.02. The van der Waals surface area contributed by atoms with Gasteiger partial charge in [0.15, 0.2) is 0 Å². The summed E-state index contributed by atoms with van der Waals surface area (Å²) in [5, 5.41) is 0. The van der Waals surface area contributed by atoms with Crippen molar-refractivity contribution in [1.82, 2.24) is 9.80 Å². The van der Waals surface area contributed by atoms with Crippen LogP contribution in [0.5, 0.6) is 0 Å². The van der Waals surface area contributed by atoms with Crippen LogP contribution in [0.2, 0.25) is 0 Å². The van der Waals surface area contributed by atoms with Gasteiger partial charge in [-0.25, -0.2) is 0 Å². The van der Waals surface area contributed by atoms with Gasteiger partial charge in [-0.05, 0) is 71.2 Å². The van der Waals surface area contributed by atoms with Gasteiger partial charge in [0.1, 0.15) is 0 Å². The maximum absolute atomic E-state index is 6.20. The Balaban J connectivity index is 1.95.